The van der Waals surface area contributed by atoms with Gasteiger partial charge in [0.1, 0.15) is 0 Å². The molecule has 4 rings (SSSR count). The molecule has 0 N–H and O–H groups in total. The van der Waals surface area contributed by atoms with Gasteiger partial charge >= 0.3 is 17.1 Å². The van der Waals surface area contributed by atoms with Crippen LogP contribution in [0.5, 0.6) is 0 Å². The van der Waals surface area contributed by atoms with Crippen molar-refractivity contribution in [3.8, 4) is 0 Å². The Morgan fingerprint density at radius 1 is 0.848 bits per heavy atom. The number of benzene rings is 2. The molecular formula is C29H34FeNPS. The van der Waals surface area contributed by atoms with Gasteiger partial charge in [-0.2, -0.15) is 41.6 Å². The fourth-order valence-electron chi connectivity index (χ4n) is 3.49. The molecule has 33 heavy (non-hydrogen) atoms. The quantitative estimate of drug-likeness (QED) is 0.120. The van der Waals surface area contributed by atoms with Crippen molar-refractivity contribution >= 4 is 35.6 Å². The maximum absolute atomic E-state index is 2.39. The SMILES string of the molecule is CC(C)Sc1c(CCN(C)C)cc[c-]1P(c1ccccc1)c1ccccc1.[Fe+2].c1cc[cH-]c1. The zero-order chi connectivity index (χ0) is 22.8. The molecule has 0 saturated heterocycles. The molecule has 0 aliphatic rings. The first-order valence-electron chi connectivity index (χ1n) is 11.2. The van der Waals surface area contributed by atoms with Crippen molar-refractivity contribution in [3.05, 3.63) is 109 Å². The van der Waals surface area contributed by atoms with Gasteiger partial charge in [-0.15, -0.1) is 10.2 Å². The van der Waals surface area contributed by atoms with Gasteiger partial charge < -0.3 is 4.90 Å². The molecule has 0 aliphatic carbocycles. The largest absolute Gasteiger partial charge is 2.00 e. The molecule has 4 heteroatoms. The number of thioether (sulfide) groups is 1. The zero-order valence-corrected chi connectivity index (χ0v) is 22.8. The number of rotatable bonds is 8. The third-order valence-corrected chi connectivity index (χ3v) is 8.80. The van der Waals surface area contributed by atoms with Crippen LogP contribution in [-0.4, -0.2) is 30.8 Å². The van der Waals surface area contributed by atoms with E-state index in [0.29, 0.717) is 5.25 Å². The maximum atomic E-state index is 2.39. The van der Waals surface area contributed by atoms with E-state index in [4.69, 9.17) is 0 Å². The van der Waals surface area contributed by atoms with E-state index in [1.165, 1.54) is 26.4 Å². The monoisotopic (exact) mass is 515 g/mol. The standard InChI is InChI=1S/C24H29NPS.C5H5.Fe/c1-19(2)27-24-20(17-18-25(3)4)15-16-23(24)26(21-11-7-5-8-12-21)22-13-9-6-10-14-22;1-2-4-5-3-1;/h5-16,19H,17-18H2,1-4H3;1-5H;/q2*-1;+2. The Hall–Kier alpha value is -1.60. The second kappa shape index (κ2) is 14.6. The maximum Gasteiger partial charge on any atom is 2.00 e. The van der Waals surface area contributed by atoms with Crippen LogP contribution in [0, 0.1) is 0 Å². The van der Waals surface area contributed by atoms with Crippen LogP contribution >= 0.6 is 19.7 Å². The smallest absolute Gasteiger partial charge is 0.310 e. The molecule has 0 fully saturated rings. The Kier molecular flexibility index (Phi) is 12.2. The fourth-order valence-corrected chi connectivity index (χ4v) is 7.27. The molecule has 0 aromatic heterocycles. The molecule has 4 aromatic rings. The van der Waals surface area contributed by atoms with Gasteiger partial charge in [-0.25, -0.2) is 18.2 Å². The van der Waals surface area contributed by atoms with Gasteiger partial charge in [-0.1, -0.05) is 88.9 Å². The number of nitrogens with zero attached hydrogens (tertiary/aromatic N) is 1. The summed E-state index contributed by atoms with van der Waals surface area (Å²) in [4.78, 5) is 3.78. The Morgan fingerprint density at radius 3 is 1.82 bits per heavy atom. The molecular weight excluding hydrogens is 481 g/mol. The molecule has 0 bridgehead atoms. The van der Waals surface area contributed by atoms with E-state index in [1.54, 1.807) is 0 Å². The third kappa shape index (κ3) is 8.60. The second-order valence-corrected chi connectivity index (χ2v) is 12.0. The predicted molar refractivity (Wildman–Crippen MR) is 146 cm³/mol. The summed E-state index contributed by atoms with van der Waals surface area (Å²) in [5, 5.41) is 4.94. The first-order chi connectivity index (χ1) is 15.6. The van der Waals surface area contributed by atoms with Gasteiger partial charge in [-0.05, 0) is 31.2 Å². The number of likely N-dealkylation sites (N-methyl/N-ethyl adjacent to an activating group) is 1. The first kappa shape index (κ1) is 27.6. The van der Waals surface area contributed by atoms with E-state index in [1.807, 2.05) is 42.1 Å². The minimum absolute atomic E-state index is 0. The Morgan fingerprint density at radius 2 is 1.39 bits per heavy atom. The molecule has 0 heterocycles. The van der Waals surface area contributed by atoms with E-state index >= 15 is 0 Å². The van der Waals surface area contributed by atoms with Crippen molar-refractivity contribution in [3.63, 3.8) is 0 Å². The van der Waals surface area contributed by atoms with Gasteiger partial charge in [0.2, 0.25) is 0 Å². The third-order valence-electron chi connectivity index (χ3n) is 4.97. The average Bonchev–Trinajstić information content (AvgIpc) is 3.49. The second-order valence-electron chi connectivity index (χ2n) is 8.26. The van der Waals surface area contributed by atoms with Crippen molar-refractivity contribution in [2.75, 3.05) is 20.6 Å². The Bertz CT molecular complexity index is 954. The van der Waals surface area contributed by atoms with Crippen LogP contribution in [-0.2, 0) is 23.5 Å². The zero-order valence-electron chi connectivity index (χ0n) is 20.0. The molecule has 0 aliphatic heterocycles. The number of hydrogen-bond donors (Lipinski definition) is 0. The van der Waals surface area contributed by atoms with E-state index in [9.17, 15) is 0 Å². The molecule has 174 valence electrons. The fraction of sp³-hybridized carbons (Fsp3) is 0.241. The molecule has 0 unspecified atom stereocenters. The van der Waals surface area contributed by atoms with Crippen molar-refractivity contribution < 1.29 is 17.1 Å². The van der Waals surface area contributed by atoms with Crippen LogP contribution in [0.3, 0.4) is 0 Å². The van der Waals surface area contributed by atoms with Crippen molar-refractivity contribution in [1.82, 2.24) is 4.90 Å². The average molecular weight is 515 g/mol. The van der Waals surface area contributed by atoms with E-state index in [-0.39, 0.29) is 17.1 Å². The van der Waals surface area contributed by atoms with Crippen molar-refractivity contribution in [2.45, 2.75) is 30.4 Å². The van der Waals surface area contributed by atoms with Gasteiger partial charge in [0.25, 0.3) is 0 Å². The molecule has 0 saturated carbocycles. The summed E-state index contributed by atoms with van der Waals surface area (Å²) in [6, 6.07) is 36.8. The van der Waals surface area contributed by atoms with E-state index in [2.05, 4.69) is 106 Å². The Balaban J connectivity index is 0.000000568. The number of hydrogen-bond acceptors (Lipinski definition) is 2. The minimum Gasteiger partial charge on any atom is -0.310 e. The predicted octanol–water partition coefficient (Wildman–Crippen LogP) is 6.17. The molecule has 0 atom stereocenters. The molecule has 4 aromatic carbocycles. The summed E-state index contributed by atoms with van der Waals surface area (Å²) in [6.45, 7) is 5.68. The van der Waals surface area contributed by atoms with Crippen LogP contribution in [0.15, 0.2) is 108 Å². The molecule has 0 amide bonds. The summed E-state index contributed by atoms with van der Waals surface area (Å²) in [7, 11) is 3.77. The summed E-state index contributed by atoms with van der Waals surface area (Å²) in [5.74, 6) is 0. The van der Waals surface area contributed by atoms with Gasteiger partial charge in [-0.3, -0.25) is 0 Å². The minimum atomic E-state index is -0.537. The molecule has 1 nitrogen and oxygen atoms in total. The summed E-state index contributed by atoms with van der Waals surface area (Å²) >= 11 is 2.03. The van der Waals surface area contributed by atoms with Crippen molar-refractivity contribution in [2.24, 2.45) is 0 Å². The van der Waals surface area contributed by atoms with Gasteiger partial charge in [0, 0.05) is 5.25 Å². The first-order valence-corrected chi connectivity index (χ1v) is 13.4. The summed E-state index contributed by atoms with van der Waals surface area (Å²) < 4.78 is 0. The summed E-state index contributed by atoms with van der Waals surface area (Å²) in [5.41, 5.74) is 1.50. The summed E-state index contributed by atoms with van der Waals surface area (Å²) in [6.07, 6.45) is 1.11. The normalized spacial score (nSPS) is 10.8. The van der Waals surface area contributed by atoms with Crippen LogP contribution < -0.4 is 15.9 Å². The topological polar surface area (TPSA) is 3.24 Å². The van der Waals surface area contributed by atoms with Crippen molar-refractivity contribution in [1.29, 1.82) is 0 Å². The van der Waals surface area contributed by atoms with E-state index < -0.39 is 7.92 Å². The van der Waals surface area contributed by atoms with Crippen LogP contribution in [0.2, 0.25) is 0 Å². The van der Waals surface area contributed by atoms with E-state index in [0.717, 1.165) is 13.0 Å². The Labute approximate surface area is 216 Å². The van der Waals surface area contributed by atoms with Crippen LogP contribution in [0.4, 0.5) is 0 Å². The van der Waals surface area contributed by atoms with Gasteiger partial charge in [0.05, 0.1) is 0 Å². The molecule has 0 radical (unpaired) electrons. The van der Waals surface area contributed by atoms with Crippen LogP contribution in [0.1, 0.15) is 19.4 Å². The molecule has 0 spiro atoms. The van der Waals surface area contributed by atoms with Gasteiger partial charge in [0.15, 0.2) is 0 Å². The van der Waals surface area contributed by atoms with Crippen LogP contribution in [0.25, 0.3) is 0 Å².